The molecule has 106 valence electrons. The Kier molecular flexibility index (Phi) is 3.82. The maximum absolute atomic E-state index is 12.1. The first kappa shape index (κ1) is 14.5. The summed E-state index contributed by atoms with van der Waals surface area (Å²) in [6.45, 7) is 0. The summed E-state index contributed by atoms with van der Waals surface area (Å²) in [5.41, 5.74) is 0. The molecule has 5 nitrogen and oxygen atoms in total. The average Bonchev–Trinajstić information content (AvgIpc) is 2.38. The van der Waals surface area contributed by atoms with Crippen LogP contribution in [0.4, 0.5) is 0 Å². The molecule has 0 atom stereocenters. The molecule has 0 fully saturated rings. The standard InChI is InChI=1S/C13H12O5S2/c1-19(14,15)12-8-5-9-13(10-12)20(16,17)18-11-6-3-2-4-7-11/h2-10H,1H3. The maximum Gasteiger partial charge on any atom is 0.339 e. The zero-order valence-electron chi connectivity index (χ0n) is 10.6. The molecule has 0 aliphatic heterocycles. The number of para-hydroxylation sites is 1. The molecule has 0 spiro atoms. The number of benzene rings is 2. The molecule has 20 heavy (non-hydrogen) atoms. The molecule has 2 aromatic rings. The quantitative estimate of drug-likeness (QED) is 0.805. The lowest BCUT2D eigenvalue weighted by atomic mass is 10.3. The van der Waals surface area contributed by atoms with Gasteiger partial charge in [-0.05, 0) is 30.3 Å². The van der Waals surface area contributed by atoms with E-state index < -0.39 is 20.0 Å². The fourth-order valence-electron chi connectivity index (χ4n) is 1.51. The lowest BCUT2D eigenvalue weighted by Gasteiger charge is -2.07. The third-order valence-corrected chi connectivity index (χ3v) is 4.82. The second-order valence-electron chi connectivity index (χ2n) is 4.10. The number of sulfone groups is 1. The highest BCUT2D eigenvalue weighted by Crippen LogP contribution is 2.20. The van der Waals surface area contributed by atoms with Gasteiger partial charge < -0.3 is 4.18 Å². The van der Waals surface area contributed by atoms with E-state index in [2.05, 4.69) is 0 Å². The molecule has 0 N–H and O–H groups in total. The molecule has 7 heteroatoms. The second kappa shape index (κ2) is 5.26. The molecular weight excluding hydrogens is 300 g/mol. The molecule has 2 aromatic carbocycles. The summed E-state index contributed by atoms with van der Waals surface area (Å²) in [5.74, 6) is 0.164. The third-order valence-electron chi connectivity index (χ3n) is 2.47. The van der Waals surface area contributed by atoms with Gasteiger partial charge in [0, 0.05) is 6.26 Å². The van der Waals surface area contributed by atoms with Crippen LogP contribution in [0, 0.1) is 0 Å². The molecule has 0 aliphatic carbocycles. The van der Waals surface area contributed by atoms with E-state index in [1.165, 1.54) is 30.3 Å². The molecule has 0 saturated heterocycles. The Hall–Kier alpha value is -1.86. The van der Waals surface area contributed by atoms with Gasteiger partial charge in [-0.3, -0.25) is 0 Å². The summed E-state index contributed by atoms with van der Waals surface area (Å²) >= 11 is 0. The molecule has 0 saturated carbocycles. The first-order chi connectivity index (χ1) is 9.29. The smallest absolute Gasteiger partial charge is 0.339 e. The number of rotatable bonds is 4. The van der Waals surface area contributed by atoms with Crippen molar-refractivity contribution in [3.8, 4) is 5.75 Å². The summed E-state index contributed by atoms with van der Waals surface area (Å²) in [5, 5.41) is 0. The van der Waals surface area contributed by atoms with Gasteiger partial charge in [0.05, 0.1) is 4.90 Å². The zero-order chi connectivity index (χ0) is 14.8. The normalized spacial score (nSPS) is 12.1. The summed E-state index contributed by atoms with van der Waals surface area (Å²) < 4.78 is 51.9. The lowest BCUT2D eigenvalue weighted by molar-refractivity contribution is 0.486. The Balaban J connectivity index is 2.40. The van der Waals surface area contributed by atoms with Crippen molar-refractivity contribution in [2.75, 3.05) is 6.26 Å². The highest BCUT2D eigenvalue weighted by molar-refractivity contribution is 7.90. The Labute approximate surface area is 117 Å². The van der Waals surface area contributed by atoms with E-state index >= 15 is 0 Å². The maximum atomic E-state index is 12.1. The summed E-state index contributed by atoms with van der Waals surface area (Å²) in [6.07, 6.45) is 1.01. The minimum absolute atomic E-state index is 0.0739. The van der Waals surface area contributed by atoms with E-state index in [4.69, 9.17) is 4.18 Å². The number of hydrogen-bond donors (Lipinski definition) is 0. The van der Waals surface area contributed by atoms with Gasteiger partial charge in [-0.1, -0.05) is 24.3 Å². The Morgan fingerprint density at radius 3 is 2.00 bits per heavy atom. The average molecular weight is 312 g/mol. The van der Waals surface area contributed by atoms with Crippen LogP contribution >= 0.6 is 0 Å². The summed E-state index contributed by atoms with van der Waals surface area (Å²) in [7, 11) is -7.54. The van der Waals surface area contributed by atoms with Crippen molar-refractivity contribution in [1.29, 1.82) is 0 Å². The van der Waals surface area contributed by atoms with Crippen molar-refractivity contribution in [3.05, 3.63) is 54.6 Å². The van der Waals surface area contributed by atoms with Crippen molar-refractivity contribution in [2.24, 2.45) is 0 Å². The zero-order valence-corrected chi connectivity index (χ0v) is 12.2. The van der Waals surface area contributed by atoms with E-state index in [-0.39, 0.29) is 15.5 Å². The van der Waals surface area contributed by atoms with Gasteiger partial charge in [0.15, 0.2) is 9.84 Å². The van der Waals surface area contributed by atoms with Crippen molar-refractivity contribution >= 4 is 20.0 Å². The van der Waals surface area contributed by atoms with Gasteiger partial charge in [0.2, 0.25) is 0 Å². The van der Waals surface area contributed by atoms with Gasteiger partial charge in [0.1, 0.15) is 10.6 Å². The molecule has 0 unspecified atom stereocenters. The van der Waals surface area contributed by atoms with Crippen LogP contribution in [-0.4, -0.2) is 23.1 Å². The van der Waals surface area contributed by atoms with E-state index in [0.717, 1.165) is 12.3 Å². The Morgan fingerprint density at radius 1 is 0.800 bits per heavy atom. The molecule has 0 heterocycles. The van der Waals surface area contributed by atoms with Crippen LogP contribution in [-0.2, 0) is 20.0 Å². The van der Waals surface area contributed by atoms with Crippen LogP contribution in [0.5, 0.6) is 5.75 Å². The second-order valence-corrected chi connectivity index (χ2v) is 7.66. The predicted octanol–water partition coefficient (Wildman–Crippen LogP) is 1.86. The monoisotopic (exact) mass is 312 g/mol. The lowest BCUT2D eigenvalue weighted by Crippen LogP contribution is -2.10. The minimum Gasteiger partial charge on any atom is -0.379 e. The van der Waals surface area contributed by atoms with Crippen molar-refractivity contribution in [2.45, 2.75) is 9.79 Å². The van der Waals surface area contributed by atoms with Crippen LogP contribution in [0.1, 0.15) is 0 Å². The SMILES string of the molecule is CS(=O)(=O)c1cccc(S(=O)(=O)Oc2ccccc2)c1. The van der Waals surface area contributed by atoms with E-state index in [1.54, 1.807) is 18.2 Å². The molecule has 0 radical (unpaired) electrons. The summed E-state index contributed by atoms with van der Waals surface area (Å²) in [6, 6.07) is 13.0. The minimum atomic E-state index is -4.06. The molecule has 0 aliphatic rings. The highest BCUT2D eigenvalue weighted by Gasteiger charge is 2.19. The van der Waals surface area contributed by atoms with Crippen LogP contribution < -0.4 is 4.18 Å². The van der Waals surface area contributed by atoms with Crippen LogP contribution in [0.2, 0.25) is 0 Å². The van der Waals surface area contributed by atoms with Crippen LogP contribution in [0.3, 0.4) is 0 Å². The molecule has 0 bridgehead atoms. The van der Waals surface area contributed by atoms with Crippen molar-refractivity contribution < 1.29 is 21.0 Å². The number of hydrogen-bond acceptors (Lipinski definition) is 5. The molecular formula is C13H12O5S2. The van der Waals surface area contributed by atoms with E-state index in [9.17, 15) is 16.8 Å². The van der Waals surface area contributed by atoms with Crippen molar-refractivity contribution in [1.82, 2.24) is 0 Å². The van der Waals surface area contributed by atoms with Crippen molar-refractivity contribution in [3.63, 3.8) is 0 Å². The predicted molar refractivity (Wildman–Crippen MR) is 73.8 cm³/mol. The Bertz CT molecular complexity index is 809. The van der Waals surface area contributed by atoms with Gasteiger partial charge in [-0.15, -0.1) is 0 Å². The fourth-order valence-corrected chi connectivity index (χ4v) is 3.23. The van der Waals surface area contributed by atoms with Gasteiger partial charge in [-0.25, -0.2) is 8.42 Å². The highest BCUT2D eigenvalue weighted by atomic mass is 32.2. The molecule has 2 rings (SSSR count). The largest absolute Gasteiger partial charge is 0.379 e. The van der Waals surface area contributed by atoms with Gasteiger partial charge in [0.25, 0.3) is 0 Å². The Morgan fingerprint density at radius 2 is 1.40 bits per heavy atom. The topological polar surface area (TPSA) is 77.5 Å². The van der Waals surface area contributed by atoms with E-state index in [0.29, 0.717) is 0 Å². The van der Waals surface area contributed by atoms with Gasteiger partial charge >= 0.3 is 10.1 Å². The van der Waals surface area contributed by atoms with Crippen LogP contribution in [0.15, 0.2) is 64.4 Å². The molecule has 0 aromatic heterocycles. The summed E-state index contributed by atoms with van der Waals surface area (Å²) in [4.78, 5) is -0.278. The van der Waals surface area contributed by atoms with Crippen LogP contribution in [0.25, 0.3) is 0 Å². The first-order valence-corrected chi connectivity index (χ1v) is 8.89. The first-order valence-electron chi connectivity index (χ1n) is 5.59. The fraction of sp³-hybridized carbons (Fsp3) is 0.0769. The van der Waals surface area contributed by atoms with Gasteiger partial charge in [-0.2, -0.15) is 8.42 Å². The third kappa shape index (κ3) is 3.37. The molecule has 0 amide bonds. The van der Waals surface area contributed by atoms with E-state index in [1.807, 2.05) is 0 Å².